The molecule has 0 radical (unpaired) electrons. The third kappa shape index (κ3) is 3.24. The fraction of sp³-hybridized carbons (Fsp3) is 0.267. The number of alkyl halides is 1. The molecule has 0 spiro atoms. The fourth-order valence-corrected chi connectivity index (χ4v) is 2.56. The molecule has 1 heterocycles. The molecule has 0 fully saturated rings. The lowest BCUT2D eigenvalue weighted by Crippen LogP contribution is -1.98. The molecule has 0 aliphatic heterocycles. The van der Waals surface area contributed by atoms with E-state index in [-0.39, 0.29) is 5.38 Å². The molecular formula is C15H15Cl2N. The maximum Gasteiger partial charge on any atom is 0.0626 e. The van der Waals surface area contributed by atoms with Gasteiger partial charge in [0.1, 0.15) is 0 Å². The van der Waals surface area contributed by atoms with Crippen LogP contribution in [0.2, 0.25) is 5.02 Å². The number of aromatic nitrogens is 1. The summed E-state index contributed by atoms with van der Waals surface area (Å²) >= 11 is 12.6. The van der Waals surface area contributed by atoms with Crippen molar-refractivity contribution in [3.05, 3.63) is 63.9 Å². The van der Waals surface area contributed by atoms with Crippen LogP contribution in [0.25, 0.3) is 0 Å². The summed E-state index contributed by atoms with van der Waals surface area (Å²) in [6.07, 6.45) is 4.11. The Labute approximate surface area is 118 Å². The highest BCUT2D eigenvalue weighted by Gasteiger charge is 2.11. The Morgan fingerprint density at radius 2 is 1.83 bits per heavy atom. The minimum atomic E-state index is -0.0662. The Morgan fingerprint density at radius 1 is 1.17 bits per heavy atom. The van der Waals surface area contributed by atoms with Crippen LogP contribution in [0.3, 0.4) is 0 Å². The van der Waals surface area contributed by atoms with E-state index in [1.165, 1.54) is 11.1 Å². The van der Waals surface area contributed by atoms with E-state index in [0.717, 1.165) is 11.1 Å². The molecule has 0 N–H and O–H groups in total. The molecule has 3 heteroatoms. The van der Waals surface area contributed by atoms with E-state index in [2.05, 4.69) is 37.0 Å². The first kappa shape index (κ1) is 13.4. The van der Waals surface area contributed by atoms with Crippen molar-refractivity contribution in [3.8, 4) is 0 Å². The van der Waals surface area contributed by atoms with Crippen LogP contribution in [-0.4, -0.2) is 4.98 Å². The lowest BCUT2D eigenvalue weighted by Gasteiger charge is -2.12. The number of benzene rings is 1. The number of pyridine rings is 1. The third-order valence-corrected chi connectivity index (χ3v) is 3.61. The zero-order chi connectivity index (χ0) is 13.1. The molecule has 0 aliphatic rings. The van der Waals surface area contributed by atoms with Gasteiger partial charge in [0, 0.05) is 12.4 Å². The van der Waals surface area contributed by atoms with Crippen molar-refractivity contribution in [3.63, 3.8) is 0 Å². The molecule has 2 aromatic rings. The SMILES string of the molecule is Cc1cc(C)cc(C(Cl)Cc2ccncc2Cl)c1. The summed E-state index contributed by atoms with van der Waals surface area (Å²) in [4.78, 5) is 3.98. The lowest BCUT2D eigenvalue weighted by atomic mass is 10.0. The molecule has 1 unspecified atom stereocenters. The molecule has 1 aromatic carbocycles. The Bertz CT molecular complexity index is 532. The molecule has 0 saturated heterocycles. The van der Waals surface area contributed by atoms with Gasteiger partial charge in [0.05, 0.1) is 10.4 Å². The van der Waals surface area contributed by atoms with Crippen molar-refractivity contribution in [2.75, 3.05) is 0 Å². The second-order valence-electron chi connectivity index (χ2n) is 4.56. The van der Waals surface area contributed by atoms with Gasteiger partial charge in [-0.05, 0) is 37.5 Å². The second-order valence-corrected chi connectivity index (χ2v) is 5.49. The van der Waals surface area contributed by atoms with Gasteiger partial charge >= 0.3 is 0 Å². The normalized spacial score (nSPS) is 12.4. The number of hydrogen-bond donors (Lipinski definition) is 0. The Kier molecular flexibility index (Phi) is 4.26. The number of rotatable bonds is 3. The fourth-order valence-electron chi connectivity index (χ4n) is 2.07. The molecule has 0 bridgehead atoms. The van der Waals surface area contributed by atoms with E-state index in [1.807, 2.05) is 6.07 Å². The summed E-state index contributed by atoms with van der Waals surface area (Å²) in [6.45, 7) is 4.17. The molecule has 0 saturated carbocycles. The van der Waals surface area contributed by atoms with Crippen molar-refractivity contribution < 1.29 is 0 Å². The smallest absolute Gasteiger partial charge is 0.0626 e. The molecule has 18 heavy (non-hydrogen) atoms. The van der Waals surface area contributed by atoms with Crippen LogP contribution in [0.1, 0.15) is 27.6 Å². The summed E-state index contributed by atoms with van der Waals surface area (Å²) < 4.78 is 0. The average molecular weight is 280 g/mol. The molecule has 1 atom stereocenters. The first-order chi connectivity index (χ1) is 8.56. The number of nitrogens with zero attached hydrogens (tertiary/aromatic N) is 1. The van der Waals surface area contributed by atoms with Crippen molar-refractivity contribution in [1.29, 1.82) is 0 Å². The largest absolute Gasteiger partial charge is 0.263 e. The van der Waals surface area contributed by atoms with Crippen LogP contribution in [0.5, 0.6) is 0 Å². The maximum absolute atomic E-state index is 6.48. The first-order valence-corrected chi connectivity index (χ1v) is 6.68. The zero-order valence-electron chi connectivity index (χ0n) is 10.5. The van der Waals surface area contributed by atoms with Crippen LogP contribution in [-0.2, 0) is 6.42 Å². The molecule has 94 valence electrons. The molecule has 2 rings (SSSR count). The van der Waals surface area contributed by atoms with Gasteiger partial charge in [-0.25, -0.2) is 0 Å². The van der Waals surface area contributed by atoms with Crippen LogP contribution in [0, 0.1) is 13.8 Å². The van der Waals surface area contributed by atoms with Gasteiger partial charge in [0.25, 0.3) is 0 Å². The van der Waals surface area contributed by atoms with E-state index < -0.39 is 0 Å². The highest BCUT2D eigenvalue weighted by atomic mass is 35.5. The molecular weight excluding hydrogens is 265 g/mol. The van der Waals surface area contributed by atoms with Crippen LogP contribution in [0.15, 0.2) is 36.7 Å². The summed E-state index contributed by atoms with van der Waals surface area (Å²) in [5.41, 5.74) is 4.64. The van der Waals surface area contributed by atoms with E-state index in [1.54, 1.807) is 12.4 Å². The predicted molar refractivity (Wildman–Crippen MR) is 77.5 cm³/mol. The average Bonchev–Trinajstić information content (AvgIpc) is 2.31. The molecule has 0 amide bonds. The maximum atomic E-state index is 6.48. The zero-order valence-corrected chi connectivity index (χ0v) is 12.0. The van der Waals surface area contributed by atoms with Crippen molar-refractivity contribution >= 4 is 23.2 Å². The van der Waals surface area contributed by atoms with Gasteiger partial charge in [0.2, 0.25) is 0 Å². The van der Waals surface area contributed by atoms with Crippen molar-refractivity contribution in [2.45, 2.75) is 25.6 Å². The summed E-state index contributed by atoms with van der Waals surface area (Å²) in [5, 5.41) is 0.607. The monoisotopic (exact) mass is 279 g/mol. The molecule has 1 nitrogen and oxygen atoms in total. The van der Waals surface area contributed by atoms with Gasteiger partial charge in [-0.1, -0.05) is 40.9 Å². The molecule has 0 aliphatic carbocycles. The standard InChI is InChI=1S/C15H15Cl2N/c1-10-5-11(2)7-13(6-10)14(16)8-12-3-4-18-9-15(12)17/h3-7,9,14H,8H2,1-2H3. The van der Waals surface area contributed by atoms with Crippen molar-refractivity contribution in [2.24, 2.45) is 0 Å². The lowest BCUT2D eigenvalue weighted by molar-refractivity contribution is 0.912. The quantitative estimate of drug-likeness (QED) is 0.730. The van der Waals surface area contributed by atoms with Crippen molar-refractivity contribution in [1.82, 2.24) is 4.98 Å². The Hall–Kier alpha value is -1.05. The highest BCUT2D eigenvalue weighted by Crippen LogP contribution is 2.28. The van der Waals surface area contributed by atoms with Gasteiger partial charge in [-0.2, -0.15) is 0 Å². The van der Waals surface area contributed by atoms with Gasteiger partial charge < -0.3 is 0 Å². The van der Waals surface area contributed by atoms with Crippen LogP contribution >= 0.6 is 23.2 Å². The topological polar surface area (TPSA) is 12.9 Å². The summed E-state index contributed by atoms with van der Waals surface area (Å²) in [7, 11) is 0. The van der Waals surface area contributed by atoms with Crippen LogP contribution < -0.4 is 0 Å². The van der Waals surface area contributed by atoms with E-state index >= 15 is 0 Å². The minimum absolute atomic E-state index is 0.0662. The van der Waals surface area contributed by atoms with Gasteiger partial charge in [0.15, 0.2) is 0 Å². The van der Waals surface area contributed by atoms with Crippen LogP contribution in [0.4, 0.5) is 0 Å². The highest BCUT2D eigenvalue weighted by molar-refractivity contribution is 6.31. The minimum Gasteiger partial charge on any atom is -0.263 e. The first-order valence-electron chi connectivity index (χ1n) is 5.87. The van der Waals surface area contributed by atoms with E-state index in [9.17, 15) is 0 Å². The second kappa shape index (κ2) is 5.73. The van der Waals surface area contributed by atoms with E-state index in [4.69, 9.17) is 23.2 Å². The number of hydrogen-bond acceptors (Lipinski definition) is 1. The van der Waals surface area contributed by atoms with Gasteiger partial charge in [-0.15, -0.1) is 11.6 Å². The Balaban J connectivity index is 2.22. The number of halogens is 2. The van der Waals surface area contributed by atoms with E-state index in [0.29, 0.717) is 11.4 Å². The number of aryl methyl sites for hydroxylation is 2. The third-order valence-electron chi connectivity index (χ3n) is 2.86. The Morgan fingerprint density at radius 3 is 2.44 bits per heavy atom. The summed E-state index contributed by atoms with van der Waals surface area (Å²) in [5.74, 6) is 0. The van der Waals surface area contributed by atoms with Gasteiger partial charge in [-0.3, -0.25) is 4.98 Å². The molecule has 1 aromatic heterocycles. The predicted octanol–water partition coefficient (Wildman–Crippen LogP) is 4.87. The summed E-state index contributed by atoms with van der Waals surface area (Å²) in [6, 6.07) is 8.31.